The van der Waals surface area contributed by atoms with E-state index in [1.807, 2.05) is 0 Å². The minimum Gasteiger partial charge on any atom is -0.287 e. The molecule has 5 heteroatoms. The Morgan fingerprint density at radius 1 is 1.07 bits per heavy atom. The van der Waals surface area contributed by atoms with E-state index in [1.54, 1.807) is 24.3 Å². The van der Waals surface area contributed by atoms with Gasteiger partial charge in [0.1, 0.15) is 0 Å². The molecule has 3 nitrogen and oxygen atoms in total. The monoisotopic (exact) mass is 195 g/mol. The van der Waals surface area contributed by atoms with E-state index in [-0.39, 0.29) is 0 Å². The van der Waals surface area contributed by atoms with Crippen LogP contribution in [0.15, 0.2) is 24.3 Å². The Balaban J connectivity index is 2.55. The summed E-state index contributed by atoms with van der Waals surface area (Å²) in [5, 5.41) is -1.47. The summed E-state index contributed by atoms with van der Waals surface area (Å²) in [7, 11) is 11.1. The molecular weight excluding hydrogens is 188 g/mol. The van der Waals surface area contributed by atoms with Crippen LogP contribution < -0.4 is 0 Å². The number of hydrogen-bond acceptors (Lipinski definition) is 2. The third kappa shape index (κ3) is 1.39. The molecule has 1 heterocycles. The van der Waals surface area contributed by atoms with Gasteiger partial charge in [0.2, 0.25) is 0 Å². The summed E-state index contributed by atoms with van der Waals surface area (Å²) in [5.74, 6) is -0.883. The molecule has 0 saturated heterocycles. The van der Waals surface area contributed by atoms with Crippen molar-refractivity contribution in [2.75, 3.05) is 0 Å². The van der Waals surface area contributed by atoms with Gasteiger partial charge in [0, 0.05) is 0 Å². The molecule has 70 valence electrons. The maximum Gasteiger partial charge on any atom is 0.260 e. The Hall–Kier alpha value is -1.51. The van der Waals surface area contributed by atoms with Gasteiger partial charge in [0.05, 0.1) is 26.8 Å². The van der Waals surface area contributed by atoms with Crippen LogP contribution in [-0.4, -0.2) is 37.7 Å². The molecule has 1 aromatic rings. The number of carbonyl (C=O) groups excluding carboxylic acids is 2. The summed E-state index contributed by atoms with van der Waals surface area (Å²) in [5.41, 5.74) is 0.703. The number of hydrogen-bond donors (Lipinski definition) is 0. The van der Waals surface area contributed by atoms with Crippen LogP contribution in [-0.2, 0) is 0 Å². The minimum absolute atomic E-state index is 0.352. The normalized spacial score (nSPS) is 15.7. The number of imide groups is 1. The summed E-state index contributed by atoms with van der Waals surface area (Å²) in [6, 6.07) is 6.55. The molecule has 1 aliphatic rings. The third-order valence-electron chi connectivity index (χ3n) is 2.28. The van der Waals surface area contributed by atoms with Crippen LogP contribution in [0, 0.1) is 0 Å². The molecule has 0 fully saturated rings. The molecule has 2 amide bonds. The zero-order chi connectivity index (χ0) is 11.2. The fourth-order valence-corrected chi connectivity index (χ4v) is 1.63. The second-order valence-corrected chi connectivity index (χ2v) is 3.72. The highest BCUT2D eigenvalue weighted by molar-refractivity contribution is 6.43. The van der Waals surface area contributed by atoms with Crippen LogP contribution in [0.1, 0.15) is 27.6 Å². The van der Waals surface area contributed by atoms with Gasteiger partial charge in [-0.1, -0.05) is 19.1 Å². The first-order chi connectivity index (χ1) is 6.93. The lowest BCUT2D eigenvalue weighted by molar-refractivity contribution is 0.0618. The Kier molecular flexibility index (Phi) is 2.00. The molecule has 0 aromatic heterocycles. The molecule has 0 spiro atoms. The summed E-state index contributed by atoms with van der Waals surface area (Å²) >= 11 is 0. The zero-order valence-corrected chi connectivity index (χ0v) is 8.23. The van der Waals surface area contributed by atoms with Crippen LogP contribution in [0.5, 0.6) is 0 Å². The predicted molar refractivity (Wildman–Crippen MR) is 56.9 cm³/mol. The van der Waals surface area contributed by atoms with E-state index in [2.05, 4.69) is 0 Å². The van der Waals surface area contributed by atoms with Crippen LogP contribution in [0.2, 0.25) is 0 Å². The van der Waals surface area contributed by atoms with Gasteiger partial charge in [0.25, 0.3) is 11.8 Å². The molecule has 2 rings (SSSR count). The second-order valence-electron chi connectivity index (χ2n) is 3.72. The first-order valence-electron chi connectivity index (χ1n) is 4.48. The van der Waals surface area contributed by atoms with Gasteiger partial charge in [-0.15, -0.1) is 0 Å². The Morgan fingerprint density at radius 3 is 1.80 bits per heavy atom. The fourth-order valence-electron chi connectivity index (χ4n) is 1.63. The third-order valence-corrected chi connectivity index (χ3v) is 2.28. The molecule has 0 atom stereocenters. The average molecular weight is 195 g/mol. The van der Waals surface area contributed by atoms with Gasteiger partial charge in [-0.2, -0.15) is 0 Å². The molecule has 0 bridgehead atoms. The minimum atomic E-state index is -1.47. The molecule has 15 heavy (non-hydrogen) atoms. The van der Waals surface area contributed by atoms with Crippen molar-refractivity contribution < 1.29 is 9.59 Å². The number of fused-ring (bicyclic) bond motifs is 1. The zero-order valence-electron chi connectivity index (χ0n) is 8.23. The number of nitrogens with zero attached hydrogens (tertiary/aromatic N) is 1. The van der Waals surface area contributed by atoms with Gasteiger partial charge in [-0.25, -0.2) is 0 Å². The van der Waals surface area contributed by atoms with E-state index >= 15 is 0 Å². The average Bonchev–Trinajstić information content (AvgIpc) is 2.39. The Morgan fingerprint density at radius 2 is 1.47 bits per heavy atom. The van der Waals surface area contributed by atoms with Crippen LogP contribution in [0.3, 0.4) is 0 Å². The van der Waals surface area contributed by atoms with Crippen LogP contribution in [0.25, 0.3) is 0 Å². The van der Waals surface area contributed by atoms with Gasteiger partial charge in [-0.3, -0.25) is 14.5 Å². The Bertz CT molecular complexity index is 416. The maximum atomic E-state index is 11.8. The molecule has 0 N–H and O–H groups in total. The number of amides is 2. The summed E-state index contributed by atoms with van der Waals surface area (Å²) < 4.78 is 0. The second kappa shape index (κ2) is 2.99. The molecule has 4 radical (unpaired) electrons. The van der Waals surface area contributed by atoms with E-state index in [0.29, 0.717) is 11.1 Å². The van der Waals surface area contributed by atoms with Crippen molar-refractivity contribution in [3.8, 4) is 0 Å². The first kappa shape index (κ1) is 10.0. The van der Waals surface area contributed by atoms with Gasteiger partial charge < -0.3 is 0 Å². The molecule has 1 aliphatic heterocycles. The standard InChI is InChI=1S/C10H7B2NO2/c1-10(11,12)13-8(14)6-4-2-3-5-7(6)9(13)15/h2-5H,1H3. The van der Waals surface area contributed by atoms with Gasteiger partial charge in [-0.05, 0) is 17.5 Å². The van der Waals surface area contributed by atoms with E-state index in [9.17, 15) is 9.59 Å². The smallest absolute Gasteiger partial charge is 0.260 e. The molecular formula is C10H7B2NO2. The van der Waals surface area contributed by atoms with Crippen molar-refractivity contribution in [1.29, 1.82) is 0 Å². The van der Waals surface area contributed by atoms with Crippen LogP contribution >= 0.6 is 0 Å². The van der Waals surface area contributed by atoms with E-state index in [4.69, 9.17) is 15.7 Å². The van der Waals surface area contributed by atoms with Crippen molar-refractivity contribution in [1.82, 2.24) is 4.90 Å². The van der Waals surface area contributed by atoms with E-state index < -0.39 is 17.2 Å². The van der Waals surface area contributed by atoms with Gasteiger partial charge in [0.15, 0.2) is 0 Å². The Labute approximate surface area is 90.3 Å². The summed E-state index contributed by atoms with van der Waals surface area (Å²) in [4.78, 5) is 24.5. The van der Waals surface area contributed by atoms with Gasteiger partial charge >= 0.3 is 0 Å². The van der Waals surface area contributed by atoms with Crippen molar-refractivity contribution in [3.05, 3.63) is 35.4 Å². The SMILES string of the molecule is [B]C([B])(C)N1C(=O)c2ccccc2C1=O. The van der Waals surface area contributed by atoms with E-state index in [0.717, 1.165) is 4.90 Å². The van der Waals surface area contributed by atoms with Crippen molar-refractivity contribution in [2.24, 2.45) is 0 Å². The lowest BCUT2D eigenvalue weighted by atomic mass is 9.62. The number of benzene rings is 1. The topological polar surface area (TPSA) is 37.4 Å². The maximum absolute atomic E-state index is 11.8. The molecule has 0 aliphatic carbocycles. The fraction of sp³-hybridized carbons (Fsp3) is 0.200. The van der Waals surface area contributed by atoms with Crippen molar-refractivity contribution in [2.45, 2.75) is 12.3 Å². The highest BCUT2D eigenvalue weighted by atomic mass is 16.2. The highest BCUT2D eigenvalue weighted by Gasteiger charge is 2.40. The molecule has 0 unspecified atom stereocenters. The number of rotatable bonds is 1. The largest absolute Gasteiger partial charge is 0.287 e. The van der Waals surface area contributed by atoms with Crippen molar-refractivity contribution >= 4 is 27.5 Å². The highest BCUT2D eigenvalue weighted by Crippen LogP contribution is 2.26. The van der Waals surface area contributed by atoms with Crippen LogP contribution in [0.4, 0.5) is 0 Å². The molecule has 1 aromatic carbocycles. The van der Waals surface area contributed by atoms with Crippen molar-refractivity contribution in [3.63, 3.8) is 0 Å². The molecule has 0 saturated carbocycles. The van der Waals surface area contributed by atoms with E-state index in [1.165, 1.54) is 6.92 Å². The predicted octanol–water partition coefficient (Wildman–Crippen LogP) is 0.293. The summed E-state index contributed by atoms with van der Waals surface area (Å²) in [6.07, 6.45) is 0. The number of carbonyl (C=O) groups is 2. The lowest BCUT2D eigenvalue weighted by Gasteiger charge is -2.30. The quantitative estimate of drug-likeness (QED) is 0.476. The lowest BCUT2D eigenvalue weighted by Crippen LogP contribution is -2.50. The first-order valence-corrected chi connectivity index (χ1v) is 4.48. The summed E-state index contributed by atoms with van der Waals surface area (Å²) in [6.45, 7) is 1.41.